The van der Waals surface area contributed by atoms with Crippen LogP contribution < -0.4 is 9.80 Å². The maximum atomic E-state index is 6.90. The van der Waals surface area contributed by atoms with Gasteiger partial charge in [-0.25, -0.2) is 0 Å². The molecular formula is C77H54N2O2. The summed E-state index contributed by atoms with van der Waals surface area (Å²) in [5.74, 6) is 0. The molecule has 81 heavy (non-hydrogen) atoms. The number of hydrogen-bond acceptors (Lipinski definition) is 4. The lowest BCUT2D eigenvalue weighted by atomic mass is 9.69. The molecule has 4 nitrogen and oxygen atoms in total. The third kappa shape index (κ3) is 7.16. The van der Waals surface area contributed by atoms with Crippen LogP contribution in [-0.2, 0) is 10.8 Å². The van der Waals surface area contributed by atoms with Gasteiger partial charge in [0.15, 0.2) is 11.2 Å². The minimum Gasteiger partial charge on any atom is -0.454 e. The second kappa shape index (κ2) is 17.9. The largest absolute Gasteiger partial charge is 0.454 e. The van der Waals surface area contributed by atoms with Gasteiger partial charge in [-0.05, 0) is 151 Å². The van der Waals surface area contributed by atoms with Crippen LogP contribution in [0.4, 0.5) is 34.1 Å². The average Bonchev–Trinajstić information content (AvgIpc) is 4.15. The van der Waals surface area contributed by atoms with E-state index in [4.69, 9.17) is 8.83 Å². The Labute approximate surface area is 471 Å². The monoisotopic (exact) mass is 1040 g/mol. The first-order valence-corrected chi connectivity index (χ1v) is 28.1. The lowest BCUT2D eigenvalue weighted by Crippen LogP contribution is -2.27. The Morgan fingerprint density at radius 1 is 0.296 bits per heavy atom. The standard InChI is InChI=1S/C77H54N2O2/c1-76(2,3)53-36-43-59-61-45-42-57(79(55-39-34-52(35-40-55)50-20-8-5-9-21-50)71-29-17-26-65-63-24-12-15-31-73(63)81-75(65)71)48-69(61)77(67(59)46-53)66-27-13-10-22-58(66)60-44-41-56(47-68(60)77)78(54-37-32-51(33-38-54)49-18-6-4-7-19-49)70-28-16-25-64-62-23-11-14-30-72(62)80-74(64)70/h4-48H,1-3H3. The van der Waals surface area contributed by atoms with Crippen LogP contribution in [0.1, 0.15) is 48.6 Å². The quantitative estimate of drug-likeness (QED) is 0.152. The number of nitrogens with zero attached hydrogens (tertiary/aromatic N) is 2. The van der Waals surface area contributed by atoms with Crippen molar-refractivity contribution < 1.29 is 8.83 Å². The first-order valence-electron chi connectivity index (χ1n) is 28.1. The highest BCUT2D eigenvalue weighted by molar-refractivity contribution is 6.12. The van der Waals surface area contributed by atoms with E-state index < -0.39 is 5.41 Å². The second-order valence-electron chi connectivity index (χ2n) is 22.8. The number of fused-ring (bicyclic) bond motifs is 16. The smallest absolute Gasteiger partial charge is 0.159 e. The number of benzene rings is 12. The minimum atomic E-state index is -0.716. The van der Waals surface area contributed by atoms with E-state index in [0.29, 0.717) is 0 Å². The van der Waals surface area contributed by atoms with Gasteiger partial charge in [0.2, 0.25) is 0 Å². The first kappa shape index (κ1) is 46.9. The molecular weight excluding hydrogens is 985 g/mol. The van der Waals surface area contributed by atoms with Gasteiger partial charge in [-0.3, -0.25) is 0 Å². The molecule has 384 valence electrons. The van der Waals surface area contributed by atoms with Crippen molar-refractivity contribution in [3.05, 3.63) is 301 Å². The SMILES string of the molecule is CC(C)(C)c1ccc2c(c1)C1(c3ccccc3-c3ccc(N(c4ccc(-c5ccccc5)cc4)c4cccc5c4oc4ccccc45)cc31)c1cc(N(c3ccc(-c4ccccc4)cc3)c3cccc4c3oc3ccccc34)ccc1-2. The fraction of sp³-hybridized carbons (Fsp3) is 0.0649. The summed E-state index contributed by atoms with van der Waals surface area (Å²) in [5.41, 5.74) is 24.6. The van der Waals surface area contributed by atoms with Gasteiger partial charge in [0.25, 0.3) is 0 Å². The Morgan fingerprint density at radius 2 is 0.679 bits per heavy atom. The van der Waals surface area contributed by atoms with E-state index in [1.807, 2.05) is 0 Å². The number of hydrogen-bond donors (Lipinski definition) is 0. The lowest BCUT2D eigenvalue weighted by molar-refractivity contribution is 0.588. The molecule has 14 aromatic rings. The minimum absolute atomic E-state index is 0.110. The van der Waals surface area contributed by atoms with Crippen molar-refractivity contribution in [3.8, 4) is 44.5 Å². The fourth-order valence-corrected chi connectivity index (χ4v) is 13.4. The molecule has 0 amide bonds. The average molecular weight is 1040 g/mol. The van der Waals surface area contributed by atoms with E-state index in [-0.39, 0.29) is 5.41 Å². The zero-order valence-corrected chi connectivity index (χ0v) is 45.2. The van der Waals surface area contributed by atoms with Crippen LogP contribution >= 0.6 is 0 Å². The van der Waals surface area contributed by atoms with Crippen LogP contribution in [0.15, 0.2) is 282 Å². The van der Waals surface area contributed by atoms with Gasteiger partial charge in [0, 0.05) is 44.3 Å². The summed E-state index contributed by atoms with van der Waals surface area (Å²) in [4.78, 5) is 4.81. The third-order valence-corrected chi connectivity index (χ3v) is 17.2. The van der Waals surface area contributed by atoms with Crippen molar-refractivity contribution in [1.29, 1.82) is 0 Å². The molecule has 1 spiro atoms. The predicted octanol–water partition coefficient (Wildman–Crippen LogP) is 21.4. The van der Waals surface area contributed by atoms with Gasteiger partial charge in [-0.1, -0.05) is 221 Å². The van der Waals surface area contributed by atoms with Crippen molar-refractivity contribution in [1.82, 2.24) is 0 Å². The van der Waals surface area contributed by atoms with Crippen LogP contribution in [0.5, 0.6) is 0 Å². The molecule has 0 saturated carbocycles. The van der Waals surface area contributed by atoms with Gasteiger partial charge in [0.05, 0.1) is 16.8 Å². The summed E-state index contributed by atoms with van der Waals surface area (Å²) in [6.45, 7) is 6.99. The Kier molecular flexibility index (Phi) is 10.4. The van der Waals surface area contributed by atoms with Crippen molar-refractivity contribution in [2.24, 2.45) is 0 Å². The van der Waals surface area contributed by atoms with Gasteiger partial charge in [0.1, 0.15) is 11.2 Å². The summed E-state index contributed by atoms with van der Waals surface area (Å²) in [6.07, 6.45) is 0. The predicted molar refractivity (Wildman–Crippen MR) is 336 cm³/mol. The first-order chi connectivity index (χ1) is 39.8. The topological polar surface area (TPSA) is 32.8 Å². The molecule has 12 aromatic carbocycles. The molecule has 0 radical (unpaired) electrons. The highest BCUT2D eigenvalue weighted by Crippen LogP contribution is 2.65. The van der Waals surface area contributed by atoms with Gasteiger partial charge in [-0.15, -0.1) is 0 Å². The molecule has 2 aromatic heterocycles. The Morgan fingerprint density at radius 3 is 1.17 bits per heavy atom. The molecule has 0 N–H and O–H groups in total. The number of rotatable bonds is 8. The molecule has 2 heterocycles. The molecule has 1 atom stereocenters. The Bertz CT molecular complexity index is 4580. The van der Waals surface area contributed by atoms with Crippen LogP contribution in [0, 0.1) is 0 Å². The van der Waals surface area contributed by atoms with Crippen molar-refractivity contribution >= 4 is 78.0 Å². The summed E-state index contributed by atoms with van der Waals surface area (Å²) in [6, 6.07) is 99.9. The molecule has 2 aliphatic rings. The zero-order chi connectivity index (χ0) is 54.0. The molecule has 2 aliphatic carbocycles. The maximum Gasteiger partial charge on any atom is 0.159 e. The van der Waals surface area contributed by atoms with Crippen molar-refractivity contribution in [2.45, 2.75) is 31.6 Å². The van der Waals surface area contributed by atoms with Crippen LogP contribution in [0.2, 0.25) is 0 Å². The van der Waals surface area contributed by atoms with E-state index >= 15 is 0 Å². The van der Waals surface area contributed by atoms with Crippen molar-refractivity contribution in [2.75, 3.05) is 9.80 Å². The summed E-state index contributed by atoms with van der Waals surface area (Å²) >= 11 is 0. The van der Waals surface area contributed by atoms with E-state index in [9.17, 15) is 0 Å². The number of anilines is 6. The molecule has 0 bridgehead atoms. The van der Waals surface area contributed by atoms with Gasteiger partial charge >= 0.3 is 0 Å². The van der Waals surface area contributed by atoms with E-state index in [1.54, 1.807) is 0 Å². The summed E-state index contributed by atoms with van der Waals surface area (Å²) in [5, 5.41) is 4.36. The molecule has 0 aliphatic heterocycles. The van der Waals surface area contributed by atoms with E-state index in [2.05, 4.69) is 304 Å². The second-order valence-corrected chi connectivity index (χ2v) is 22.8. The number of furan rings is 2. The molecule has 16 rings (SSSR count). The maximum absolute atomic E-state index is 6.90. The van der Waals surface area contributed by atoms with Crippen LogP contribution in [-0.4, -0.2) is 0 Å². The van der Waals surface area contributed by atoms with Gasteiger partial charge < -0.3 is 18.6 Å². The van der Waals surface area contributed by atoms with E-state index in [1.165, 1.54) is 61.2 Å². The molecule has 0 fully saturated rings. The Hall–Kier alpha value is -10.2. The van der Waals surface area contributed by atoms with E-state index in [0.717, 1.165) is 89.1 Å². The highest BCUT2D eigenvalue weighted by Gasteiger charge is 2.52. The summed E-state index contributed by atoms with van der Waals surface area (Å²) < 4.78 is 13.8. The lowest BCUT2D eigenvalue weighted by Gasteiger charge is -2.34. The Balaban J connectivity index is 0.956. The molecule has 0 saturated heterocycles. The van der Waals surface area contributed by atoms with Crippen molar-refractivity contribution in [3.63, 3.8) is 0 Å². The van der Waals surface area contributed by atoms with Crippen LogP contribution in [0.3, 0.4) is 0 Å². The normalized spacial score (nSPS) is 14.2. The number of para-hydroxylation sites is 4. The zero-order valence-electron chi connectivity index (χ0n) is 45.2. The van der Waals surface area contributed by atoms with Gasteiger partial charge in [-0.2, -0.15) is 0 Å². The fourth-order valence-electron chi connectivity index (χ4n) is 13.4. The van der Waals surface area contributed by atoms with Crippen LogP contribution in [0.25, 0.3) is 88.4 Å². The summed E-state index contributed by atoms with van der Waals surface area (Å²) in [7, 11) is 0. The molecule has 4 heteroatoms. The third-order valence-electron chi connectivity index (χ3n) is 17.2. The highest BCUT2D eigenvalue weighted by atomic mass is 16.3. The molecule has 1 unspecified atom stereocenters.